The molecule has 0 saturated carbocycles. The van der Waals surface area contributed by atoms with Crippen LogP contribution in [0.3, 0.4) is 0 Å². The van der Waals surface area contributed by atoms with Crippen LogP contribution in [0, 0.1) is 5.92 Å². The molecule has 25 heavy (non-hydrogen) atoms. The van der Waals surface area contributed by atoms with Crippen molar-refractivity contribution in [3.05, 3.63) is 58.7 Å². The Kier molecular flexibility index (Phi) is 5.14. The van der Waals surface area contributed by atoms with E-state index in [1.54, 1.807) is 6.07 Å². The standard InChI is InChI=1S/C18H20N4O2S/c1-12(2)16(21-17(23)14-6-5-9-25-14)18(24)19-10-13-11-22-8-4-3-7-15(22)20-13/h3-9,11-12,16H,10H2,1-2H3,(H,19,24)(H,21,23)/t16-/m1/s1. The molecule has 0 bridgehead atoms. The largest absolute Gasteiger partial charge is 0.349 e. The minimum atomic E-state index is -0.591. The Labute approximate surface area is 149 Å². The van der Waals surface area contributed by atoms with Gasteiger partial charge in [-0.2, -0.15) is 0 Å². The van der Waals surface area contributed by atoms with Gasteiger partial charge in [-0.25, -0.2) is 4.98 Å². The zero-order valence-corrected chi connectivity index (χ0v) is 14.9. The summed E-state index contributed by atoms with van der Waals surface area (Å²) in [5.74, 6) is -0.460. The van der Waals surface area contributed by atoms with E-state index in [0.717, 1.165) is 11.3 Å². The fraction of sp³-hybridized carbons (Fsp3) is 0.278. The first kappa shape index (κ1) is 17.2. The van der Waals surface area contributed by atoms with Crippen molar-refractivity contribution in [2.45, 2.75) is 26.4 Å². The summed E-state index contributed by atoms with van der Waals surface area (Å²) in [5.41, 5.74) is 1.60. The molecule has 2 amide bonds. The van der Waals surface area contributed by atoms with Crippen LogP contribution in [-0.4, -0.2) is 27.2 Å². The molecule has 3 heterocycles. The van der Waals surface area contributed by atoms with E-state index in [1.165, 1.54) is 11.3 Å². The smallest absolute Gasteiger partial charge is 0.262 e. The second-order valence-electron chi connectivity index (χ2n) is 6.09. The van der Waals surface area contributed by atoms with E-state index >= 15 is 0 Å². The van der Waals surface area contributed by atoms with Crippen molar-refractivity contribution in [2.75, 3.05) is 0 Å². The minimum Gasteiger partial charge on any atom is -0.349 e. The number of hydrogen-bond donors (Lipinski definition) is 2. The average molecular weight is 356 g/mol. The van der Waals surface area contributed by atoms with Gasteiger partial charge in [0.2, 0.25) is 5.91 Å². The third-order valence-corrected chi connectivity index (χ3v) is 4.71. The molecule has 3 aromatic heterocycles. The third-order valence-electron chi connectivity index (χ3n) is 3.84. The van der Waals surface area contributed by atoms with Gasteiger partial charge in [0, 0.05) is 12.4 Å². The molecule has 2 N–H and O–H groups in total. The van der Waals surface area contributed by atoms with E-state index in [9.17, 15) is 9.59 Å². The number of carbonyl (C=O) groups is 2. The van der Waals surface area contributed by atoms with Gasteiger partial charge in [0.05, 0.1) is 17.1 Å². The molecule has 0 aliphatic carbocycles. The zero-order chi connectivity index (χ0) is 17.8. The van der Waals surface area contributed by atoms with Crippen molar-refractivity contribution in [3.8, 4) is 0 Å². The molecule has 0 aliphatic heterocycles. The minimum absolute atomic E-state index is 0.0232. The van der Waals surface area contributed by atoms with E-state index < -0.39 is 6.04 Å². The average Bonchev–Trinajstić information content (AvgIpc) is 3.25. The highest BCUT2D eigenvalue weighted by Gasteiger charge is 2.24. The van der Waals surface area contributed by atoms with Crippen LogP contribution in [0.25, 0.3) is 5.65 Å². The van der Waals surface area contributed by atoms with Crippen molar-refractivity contribution < 1.29 is 9.59 Å². The number of thiophene rings is 1. The van der Waals surface area contributed by atoms with Gasteiger partial charge in [0.1, 0.15) is 11.7 Å². The van der Waals surface area contributed by atoms with E-state index in [0.29, 0.717) is 11.4 Å². The Hall–Kier alpha value is -2.67. The third kappa shape index (κ3) is 4.06. The topological polar surface area (TPSA) is 75.5 Å². The number of aromatic nitrogens is 2. The van der Waals surface area contributed by atoms with Gasteiger partial charge >= 0.3 is 0 Å². The van der Waals surface area contributed by atoms with Crippen LogP contribution in [0.2, 0.25) is 0 Å². The maximum absolute atomic E-state index is 12.5. The van der Waals surface area contributed by atoms with Crippen molar-refractivity contribution in [1.29, 1.82) is 0 Å². The summed E-state index contributed by atoms with van der Waals surface area (Å²) >= 11 is 1.35. The van der Waals surface area contributed by atoms with Gasteiger partial charge in [-0.3, -0.25) is 9.59 Å². The second-order valence-corrected chi connectivity index (χ2v) is 7.04. The first-order chi connectivity index (χ1) is 12.0. The van der Waals surface area contributed by atoms with Crippen molar-refractivity contribution >= 4 is 28.8 Å². The van der Waals surface area contributed by atoms with Crippen LogP contribution in [0.5, 0.6) is 0 Å². The number of imidazole rings is 1. The lowest BCUT2D eigenvalue weighted by Crippen LogP contribution is -2.49. The van der Waals surface area contributed by atoms with E-state index in [-0.39, 0.29) is 17.7 Å². The van der Waals surface area contributed by atoms with Gasteiger partial charge in [0.15, 0.2) is 0 Å². The number of rotatable bonds is 6. The molecule has 0 saturated heterocycles. The molecule has 7 heteroatoms. The van der Waals surface area contributed by atoms with E-state index in [2.05, 4.69) is 15.6 Å². The van der Waals surface area contributed by atoms with E-state index in [1.807, 2.05) is 60.3 Å². The highest BCUT2D eigenvalue weighted by Crippen LogP contribution is 2.11. The summed E-state index contributed by atoms with van der Waals surface area (Å²) in [6.45, 7) is 4.13. The summed E-state index contributed by atoms with van der Waals surface area (Å²) in [5, 5.41) is 7.52. The molecule has 0 aromatic carbocycles. The Balaban J connectivity index is 1.63. The van der Waals surface area contributed by atoms with Gasteiger partial charge in [0.25, 0.3) is 5.91 Å². The summed E-state index contributed by atoms with van der Waals surface area (Å²) < 4.78 is 1.90. The number of nitrogens with zero attached hydrogens (tertiary/aromatic N) is 2. The number of carbonyl (C=O) groups excluding carboxylic acids is 2. The van der Waals surface area contributed by atoms with Crippen molar-refractivity contribution in [1.82, 2.24) is 20.0 Å². The highest BCUT2D eigenvalue weighted by molar-refractivity contribution is 7.12. The predicted octanol–water partition coefficient (Wildman–Crippen LogP) is 2.47. The fourth-order valence-corrected chi connectivity index (χ4v) is 3.14. The van der Waals surface area contributed by atoms with Gasteiger partial charge in [-0.1, -0.05) is 26.0 Å². The lowest BCUT2D eigenvalue weighted by molar-refractivity contribution is -0.124. The van der Waals surface area contributed by atoms with Gasteiger partial charge in [-0.15, -0.1) is 11.3 Å². The Morgan fingerprint density at radius 1 is 1.24 bits per heavy atom. The van der Waals surface area contributed by atoms with Gasteiger partial charge in [-0.05, 0) is 29.5 Å². The highest BCUT2D eigenvalue weighted by atomic mass is 32.1. The SMILES string of the molecule is CC(C)[C@@H](NC(=O)c1cccs1)C(=O)NCc1cn2ccccc2n1. The van der Waals surface area contributed by atoms with Crippen LogP contribution in [0.15, 0.2) is 48.1 Å². The van der Waals surface area contributed by atoms with Gasteiger partial charge < -0.3 is 15.0 Å². The van der Waals surface area contributed by atoms with Crippen LogP contribution < -0.4 is 10.6 Å². The lowest BCUT2D eigenvalue weighted by atomic mass is 10.0. The predicted molar refractivity (Wildman–Crippen MR) is 97.4 cm³/mol. The molecule has 0 spiro atoms. The molecule has 130 valence electrons. The molecule has 6 nitrogen and oxygen atoms in total. The van der Waals surface area contributed by atoms with Crippen LogP contribution in [-0.2, 0) is 11.3 Å². The molecular weight excluding hydrogens is 336 g/mol. The lowest BCUT2D eigenvalue weighted by Gasteiger charge is -2.21. The molecule has 1 atom stereocenters. The normalized spacial score (nSPS) is 12.3. The van der Waals surface area contributed by atoms with Crippen LogP contribution >= 0.6 is 11.3 Å². The number of fused-ring (bicyclic) bond motifs is 1. The number of hydrogen-bond acceptors (Lipinski definition) is 4. The second kappa shape index (κ2) is 7.48. The van der Waals surface area contributed by atoms with Crippen molar-refractivity contribution in [2.24, 2.45) is 5.92 Å². The summed E-state index contributed by atoms with van der Waals surface area (Å²) in [7, 11) is 0. The molecule has 0 radical (unpaired) electrons. The molecule has 3 rings (SSSR count). The maximum atomic E-state index is 12.5. The molecule has 0 aliphatic rings. The number of pyridine rings is 1. The summed E-state index contributed by atoms with van der Waals surface area (Å²) in [6, 6.07) is 8.71. The van der Waals surface area contributed by atoms with E-state index in [4.69, 9.17) is 0 Å². The molecular formula is C18H20N4O2S. The van der Waals surface area contributed by atoms with Crippen molar-refractivity contribution in [3.63, 3.8) is 0 Å². The number of nitrogens with one attached hydrogen (secondary N) is 2. The van der Waals surface area contributed by atoms with Crippen LogP contribution in [0.4, 0.5) is 0 Å². The molecule has 3 aromatic rings. The molecule has 0 fully saturated rings. The Bertz CT molecular complexity index is 837. The first-order valence-corrected chi connectivity index (χ1v) is 8.97. The first-order valence-electron chi connectivity index (χ1n) is 8.09. The quantitative estimate of drug-likeness (QED) is 0.712. The Morgan fingerprint density at radius 3 is 2.76 bits per heavy atom. The summed E-state index contributed by atoms with van der Waals surface area (Å²) in [6.07, 6.45) is 3.79. The number of amides is 2. The summed E-state index contributed by atoms with van der Waals surface area (Å²) in [4.78, 5) is 29.8. The Morgan fingerprint density at radius 2 is 2.08 bits per heavy atom. The zero-order valence-electron chi connectivity index (χ0n) is 14.1. The van der Waals surface area contributed by atoms with Crippen LogP contribution in [0.1, 0.15) is 29.2 Å². The fourth-order valence-electron chi connectivity index (χ4n) is 2.52. The maximum Gasteiger partial charge on any atom is 0.262 e. The monoisotopic (exact) mass is 356 g/mol. The molecule has 0 unspecified atom stereocenters.